The van der Waals surface area contributed by atoms with Crippen LogP contribution in [0.5, 0.6) is 5.75 Å². The van der Waals surface area contributed by atoms with E-state index >= 15 is 0 Å². The molecule has 0 unspecified atom stereocenters. The summed E-state index contributed by atoms with van der Waals surface area (Å²) in [6.45, 7) is 8.44. The Labute approximate surface area is 80.8 Å². The van der Waals surface area contributed by atoms with Gasteiger partial charge in [-0.1, -0.05) is 12.1 Å². The van der Waals surface area contributed by atoms with Crippen LogP contribution < -0.4 is 10.2 Å². The first-order valence-electron chi connectivity index (χ1n) is 4.44. The van der Waals surface area contributed by atoms with E-state index in [1.54, 1.807) is 0 Å². The second-order valence-corrected chi connectivity index (χ2v) is 8.63. The molecule has 0 saturated carbocycles. The van der Waals surface area contributed by atoms with Crippen LogP contribution in [-0.2, 0) is 0 Å². The first kappa shape index (κ1) is 10.1. The molecule has 13 heavy (non-hydrogen) atoms. The van der Waals surface area contributed by atoms with Crippen LogP contribution in [-0.4, -0.2) is 8.32 Å². The van der Waals surface area contributed by atoms with E-state index in [2.05, 4.69) is 19.6 Å². The van der Waals surface area contributed by atoms with Crippen LogP contribution in [0.4, 0.5) is 5.69 Å². The lowest BCUT2D eigenvalue weighted by molar-refractivity contribution is 0.560. The minimum Gasteiger partial charge on any atom is -0.543 e. The summed E-state index contributed by atoms with van der Waals surface area (Å²) in [4.78, 5) is 0. The fourth-order valence-electron chi connectivity index (χ4n) is 1.07. The topological polar surface area (TPSA) is 35.2 Å². The van der Waals surface area contributed by atoms with Crippen molar-refractivity contribution in [2.24, 2.45) is 0 Å². The molecule has 1 aromatic carbocycles. The smallest absolute Gasteiger partial charge is 0.242 e. The summed E-state index contributed by atoms with van der Waals surface area (Å²) in [7, 11) is -1.53. The quantitative estimate of drug-likeness (QED) is 0.582. The number of aryl methyl sites for hydroxylation is 1. The molecule has 0 saturated heterocycles. The second-order valence-electron chi connectivity index (χ2n) is 4.20. The molecule has 0 aromatic heterocycles. The average molecular weight is 195 g/mol. The van der Waals surface area contributed by atoms with Crippen LogP contribution in [0.3, 0.4) is 0 Å². The zero-order chi connectivity index (χ0) is 10.1. The Morgan fingerprint density at radius 2 is 1.85 bits per heavy atom. The Bertz CT molecular complexity index is 304. The molecule has 0 amide bonds. The maximum atomic E-state index is 5.89. The van der Waals surface area contributed by atoms with Gasteiger partial charge < -0.3 is 10.2 Å². The van der Waals surface area contributed by atoms with Gasteiger partial charge in [-0.3, -0.25) is 0 Å². The molecule has 1 aromatic rings. The van der Waals surface area contributed by atoms with Crippen LogP contribution in [0.1, 0.15) is 5.56 Å². The second kappa shape index (κ2) is 3.42. The van der Waals surface area contributed by atoms with Gasteiger partial charge >= 0.3 is 0 Å². The average Bonchev–Trinajstić information content (AvgIpc) is 1.96. The summed E-state index contributed by atoms with van der Waals surface area (Å²) < 4.78 is 5.83. The van der Waals surface area contributed by atoms with Crippen molar-refractivity contribution in [2.75, 3.05) is 5.73 Å². The van der Waals surface area contributed by atoms with Gasteiger partial charge in [-0.15, -0.1) is 0 Å². The summed E-state index contributed by atoms with van der Waals surface area (Å²) >= 11 is 0. The molecular formula is C10H17NOSi. The van der Waals surface area contributed by atoms with Gasteiger partial charge in [-0.05, 0) is 38.2 Å². The fourth-order valence-corrected chi connectivity index (χ4v) is 1.91. The summed E-state index contributed by atoms with van der Waals surface area (Å²) in [6.07, 6.45) is 0. The van der Waals surface area contributed by atoms with Crippen molar-refractivity contribution in [2.45, 2.75) is 26.6 Å². The lowest BCUT2D eigenvalue weighted by Gasteiger charge is -2.21. The molecule has 2 nitrogen and oxygen atoms in total. The van der Waals surface area contributed by atoms with E-state index in [0.717, 1.165) is 17.0 Å². The van der Waals surface area contributed by atoms with Gasteiger partial charge in [0, 0.05) is 0 Å². The third-order valence-electron chi connectivity index (χ3n) is 1.70. The van der Waals surface area contributed by atoms with Gasteiger partial charge in [0.25, 0.3) is 0 Å². The molecule has 0 bridgehead atoms. The number of hydrogen-bond donors (Lipinski definition) is 1. The first-order chi connectivity index (χ1) is 5.90. The molecular weight excluding hydrogens is 178 g/mol. The van der Waals surface area contributed by atoms with Crippen molar-refractivity contribution in [3.8, 4) is 5.75 Å². The number of hydrogen-bond acceptors (Lipinski definition) is 2. The van der Waals surface area contributed by atoms with E-state index in [0.29, 0.717) is 0 Å². The largest absolute Gasteiger partial charge is 0.543 e. The summed E-state index contributed by atoms with van der Waals surface area (Å²) in [5.41, 5.74) is 7.73. The highest BCUT2D eigenvalue weighted by Crippen LogP contribution is 2.26. The third kappa shape index (κ3) is 2.77. The highest BCUT2D eigenvalue weighted by atomic mass is 28.4. The van der Waals surface area contributed by atoms with Crippen LogP contribution in [0, 0.1) is 6.92 Å². The first-order valence-corrected chi connectivity index (χ1v) is 7.85. The van der Waals surface area contributed by atoms with E-state index in [1.807, 2.05) is 25.1 Å². The maximum absolute atomic E-state index is 5.89. The Morgan fingerprint density at radius 3 is 2.38 bits per heavy atom. The number of benzene rings is 1. The molecule has 0 aliphatic rings. The Kier molecular flexibility index (Phi) is 2.66. The predicted octanol–water partition coefficient (Wildman–Crippen LogP) is 2.79. The normalized spacial score (nSPS) is 11.4. The van der Waals surface area contributed by atoms with Crippen molar-refractivity contribution in [1.82, 2.24) is 0 Å². The Hall–Kier alpha value is -0.963. The van der Waals surface area contributed by atoms with Crippen molar-refractivity contribution in [3.63, 3.8) is 0 Å². The van der Waals surface area contributed by atoms with E-state index < -0.39 is 8.32 Å². The zero-order valence-electron chi connectivity index (χ0n) is 8.72. The molecule has 0 fully saturated rings. The Morgan fingerprint density at radius 1 is 1.23 bits per heavy atom. The van der Waals surface area contributed by atoms with Crippen molar-refractivity contribution in [3.05, 3.63) is 23.8 Å². The molecule has 0 aliphatic heterocycles. The summed E-state index contributed by atoms with van der Waals surface area (Å²) in [5.74, 6) is 0.833. The highest BCUT2D eigenvalue weighted by Gasteiger charge is 2.17. The standard InChI is InChI=1S/C10H17NOSi/c1-8-6-5-7-9(10(8)11)12-13(2,3)4/h5-7H,11H2,1-4H3. The zero-order valence-corrected chi connectivity index (χ0v) is 9.72. The Balaban J connectivity index is 2.96. The van der Waals surface area contributed by atoms with E-state index in [9.17, 15) is 0 Å². The molecule has 0 atom stereocenters. The highest BCUT2D eigenvalue weighted by molar-refractivity contribution is 6.70. The molecule has 0 spiro atoms. The van der Waals surface area contributed by atoms with Gasteiger partial charge in [-0.2, -0.15) is 0 Å². The molecule has 72 valence electrons. The molecule has 3 heteroatoms. The lowest BCUT2D eigenvalue weighted by Crippen LogP contribution is -2.29. The van der Waals surface area contributed by atoms with Crippen LogP contribution in [0.15, 0.2) is 18.2 Å². The predicted molar refractivity (Wildman–Crippen MR) is 59.6 cm³/mol. The number of anilines is 1. The van der Waals surface area contributed by atoms with Gasteiger partial charge in [0.1, 0.15) is 5.75 Å². The van der Waals surface area contributed by atoms with Gasteiger partial charge in [-0.25, -0.2) is 0 Å². The van der Waals surface area contributed by atoms with Gasteiger partial charge in [0.05, 0.1) is 5.69 Å². The number of nitrogen functional groups attached to an aromatic ring is 1. The minimum absolute atomic E-state index is 0.768. The maximum Gasteiger partial charge on any atom is 0.242 e. The number of para-hydroxylation sites is 1. The monoisotopic (exact) mass is 195 g/mol. The fraction of sp³-hybridized carbons (Fsp3) is 0.400. The lowest BCUT2D eigenvalue weighted by atomic mass is 10.2. The summed E-state index contributed by atoms with van der Waals surface area (Å²) in [5, 5.41) is 0. The van der Waals surface area contributed by atoms with Crippen LogP contribution in [0.25, 0.3) is 0 Å². The van der Waals surface area contributed by atoms with Crippen molar-refractivity contribution in [1.29, 1.82) is 0 Å². The number of nitrogens with two attached hydrogens (primary N) is 1. The molecule has 1 rings (SSSR count). The van der Waals surface area contributed by atoms with E-state index in [4.69, 9.17) is 10.2 Å². The third-order valence-corrected chi connectivity index (χ3v) is 2.53. The molecule has 0 aliphatic carbocycles. The van der Waals surface area contributed by atoms with Gasteiger partial charge in [0.15, 0.2) is 0 Å². The van der Waals surface area contributed by atoms with Crippen molar-refractivity contribution < 1.29 is 4.43 Å². The van der Waals surface area contributed by atoms with Gasteiger partial charge in [0.2, 0.25) is 8.32 Å². The molecule has 0 radical (unpaired) electrons. The number of rotatable bonds is 2. The van der Waals surface area contributed by atoms with E-state index in [1.165, 1.54) is 0 Å². The molecule has 0 heterocycles. The SMILES string of the molecule is Cc1cccc(O[Si](C)(C)C)c1N. The van der Waals surface area contributed by atoms with Crippen molar-refractivity contribution >= 4 is 14.0 Å². The van der Waals surface area contributed by atoms with Crippen LogP contribution in [0.2, 0.25) is 19.6 Å². The molecule has 2 N–H and O–H groups in total. The van der Waals surface area contributed by atoms with Crippen LogP contribution >= 0.6 is 0 Å². The minimum atomic E-state index is -1.53. The summed E-state index contributed by atoms with van der Waals surface area (Å²) in [6, 6.07) is 5.90. The van der Waals surface area contributed by atoms with E-state index in [-0.39, 0.29) is 0 Å².